The predicted octanol–water partition coefficient (Wildman–Crippen LogP) is 1.51. The molecule has 26 heavy (non-hydrogen) atoms. The molecule has 0 atom stereocenters. The first kappa shape index (κ1) is 20.0. The minimum Gasteiger partial charge on any atom is -0.477 e. The average Bonchev–Trinajstić information content (AvgIpc) is 3.00. The van der Waals surface area contributed by atoms with E-state index in [-0.39, 0.29) is 34.5 Å². The van der Waals surface area contributed by atoms with Gasteiger partial charge in [0.2, 0.25) is 0 Å². The first-order chi connectivity index (χ1) is 12.4. The van der Waals surface area contributed by atoms with E-state index in [0.717, 1.165) is 0 Å². The van der Waals surface area contributed by atoms with Crippen LogP contribution in [0.25, 0.3) is 11.1 Å². The summed E-state index contributed by atoms with van der Waals surface area (Å²) in [5.41, 5.74) is -0.207. The molecule has 0 amide bonds. The summed E-state index contributed by atoms with van der Waals surface area (Å²) in [5, 5.41) is 40.8. The molecule has 0 aliphatic rings. The molecular formula is C17H20F2N2O5. The van der Waals surface area contributed by atoms with E-state index in [1.165, 1.54) is 12.1 Å². The second-order valence-corrected chi connectivity index (χ2v) is 5.61. The summed E-state index contributed by atoms with van der Waals surface area (Å²) < 4.78 is 27.4. The van der Waals surface area contributed by atoms with Gasteiger partial charge in [0.15, 0.2) is 0 Å². The lowest BCUT2D eigenvalue weighted by atomic mass is 9.90. The van der Waals surface area contributed by atoms with Crippen molar-refractivity contribution in [2.45, 2.75) is 32.8 Å². The van der Waals surface area contributed by atoms with Gasteiger partial charge in [0.1, 0.15) is 5.69 Å². The number of carboxylic acid groups (broad SMARTS) is 1. The highest BCUT2D eigenvalue weighted by Gasteiger charge is 2.30. The first-order valence-electron chi connectivity index (χ1n) is 7.78. The molecule has 0 saturated heterocycles. The zero-order valence-corrected chi connectivity index (χ0v) is 14.0. The zero-order valence-electron chi connectivity index (χ0n) is 14.0. The number of aromatic amines is 1. The molecule has 7 nitrogen and oxygen atoms in total. The van der Waals surface area contributed by atoms with Crippen LogP contribution in [-0.2, 0) is 26.4 Å². The molecule has 0 spiro atoms. The largest absolute Gasteiger partial charge is 0.477 e. The molecule has 2 aromatic rings. The number of aromatic nitrogens is 1. The molecule has 0 radical (unpaired) electrons. The van der Waals surface area contributed by atoms with Crippen molar-refractivity contribution in [2.75, 3.05) is 7.05 Å². The lowest BCUT2D eigenvalue weighted by Gasteiger charge is -2.17. The number of aliphatic hydroxyl groups excluding tert-OH is 3. The fourth-order valence-electron chi connectivity index (χ4n) is 3.07. The maximum absolute atomic E-state index is 13.7. The van der Waals surface area contributed by atoms with Crippen molar-refractivity contribution >= 4 is 5.97 Å². The number of halogens is 2. The highest BCUT2D eigenvalue weighted by molar-refractivity contribution is 5.92. The SMILES string of the molecule is CNCc1[nH]c(C(=O)O)c(C(F)F)c1-c1ccc(CO)c(CO)c1CO. The number of carboxylic acids is 1. The summed E-state index contributed by atoms with van der Waals surface area (Å²) in [6.07, 6.45) is -3.07. The fraction of sp³-hybridized carbons (Fsp3) is 0.353. The first-order valence-corrected chi connectivity index (χ1v) is 7.78. The smallest absolute Gasteiger partial charge is 0.352 e. The lowest BCUT2D eigenvalue weighted by Crippen LogP contribution is -2.08. The number of aromatic carboxylic acids is 1. The standard InChI is InChI=1S/C17H20F2N2O5/c1-20-4-12-13(14(16(18)19)15(21-12)17(25)26)9-3-2-8(5-22)10(6-23)11(9)7-24/h2-3,16,20-24H,4-7H2,1H3,(H,25,26). The van der Waals surface area contributed by atoms with E-state index in [2.05, 4.69) is 10.3 Å². The summed E-state index contributed by atoms with van der Waals surface area (Å²) in [6.45, 7) is -1.40. The van der Waals surface area contributed by atoms with Crippen LogP contribution in [0.3, 0.4) is 0 Å². The van der Waals surface area contributed by atoms with Gasteiger partial charge in [0.25, 0.3) is 6.43 Å². The van der Waals surface area contributed by atoms with E-state index in [1.54, 1.807) is 7.05 Å². The van der Waals surface area contributed by atoms with Crippen molar-refractivity contribution in [2.24, 2.45) is 0 Å². The molecule has 9 heteroatoms. The monoisotopic (exact) mass is 370 g/mol. The van der Waals surface area contributed by atoms with Crippen molar-refractivity contribution in [3.05, 3.63) is 45.8 Å². The minimum absolute atomic E-state index is 0.0324. The highest BCUT2D eigenvalue weighted by Crippen LogP contribution is 2.40. The van der Waals surface area contributed by atoms with Crippen molar-refractivity contribution < 1.29 is 34.0 Å². The molecule has 2 rings (SSSR count). The molecule has 142 valence electrons. The van der Waals surface area contributed by atoms with Crippen LogP contribution in [0.2, 0.25) is 0 Å². The van der Waals surface area contributed by atoms with Crippen molar-refractivity contribution in [1.82, 2.24) is 10.3 Å². The second kappa shape index (κ2) is 8.37. The summed E-state index contributed by atoms with van der Waals surface area (Å²) in [7, 11) is 1.58. The van der Waals surface area contributed by atoms with E-state index in [9.17, 15) is 34.0 Å². The number of benzene rings is 1. The lowest BCUT2D eigenvalue weighted by molar-refractivity contribution is 0.0679. The molecule has 1 heterocycles. The Hall–Kier alpha value is -2.33. The van der Waals surface area contributed by atoms with Crippen LogP contribution in [0.4, 0.5) is 8.78 Å². The van der Waals surface area contributed by atoms with Crippen LogP contribution in [0.15, 0.2) is 12.1 Å². The van der Waals surface area contributed by atoms with E-state index >= 15 is 0 Å². The topological polar surface area (TPSA) is 126 Å². The number of carbonyl (C=O) groups is 1. The predicted molar refractivity (Wildman–Crippen MR) is 88.7 cm³/mol. The Labute approximate surface area is 147 Å². The van der Waals surface area contributed by atoms with Crippen LogP contribution in [0, 0.1) is 0 Å². The third-order valence-corrected chi connectivity index (χ3v) is 4.19. The van der Waals surface area contributed by atoms with Gasteiger partial charge in [-0.1, -0.05) is 12.1 Å². The number of aliphatic hydroxyl groups is 3. The van der Waals surface area contributed by atoms with Crippen LogP contribution in [-0.4, -0.2) is 38.4 Å². The second-order valence-electron chi connectivity index (χ2n) is 5.61. The summed E-state index contributed by atoms with van der Waals surface area (Å²) in [6, 6.07) is 2.88. The Morgan fingerprint density at radius 1 is 1.15 bits per heavy atom. The van der Waals surface area contributed by atoms with Crippen molar-refractivity contribution in [3.8, 4) is 11.1 Å². The third-order valence-electron chi connectivity index (χ3n) is 4.19. The Morgan fingerprint density at radius 2 is 1.81 bits per heavy atom. The Balaban J connectivity index is 2.88. The van der Waals surface area contributed by atoms with Gasteiger partial charge in [-0.3, -0.25) is 0 Å². The number of nitrogens with one attached hydrogen (secondary N) is 2. The van der Waals surface area contributed by atoms with Crippen LogP contribution < -0.4 is 5.32 Å². The van der Waals surface area contributed by atoms with Gasteiger partial charge in [-0.25, -0.2) is 13.6 Å². The maximum Gasteiger partial charge on any atom is 0.352 e. The summed E-state index contributed by atoms with van der Waals surface area (Å²) in [5.74, 6) is -1.52. The molecule has 0 unspecified atom stereocenters. The van der Waals surface area contributed by atoms with E-state index < -0.39 is 43.5 Å². The number of hydrogen-bond acceptors (Lipinski definition) is 5. The van der Waals surface area contributed by atoms with Crippen LogP contribution in [0.5, 0.6) is 0 Å². The van der Waals surface area contributed by atoms with Crippen molar-refractivity contribution in [1.29, 1.82) is 0 Å². The molecule has 6 N–H and O–H groups in total. The molecule has 0 bridgehead atoms. The Morgan fingerprint density at radius 3 is 2.27 bits per heavy atom. The number of alkyl halides is 2. The molecule has 0 fully saturated rings. The van der Waals surface area contributed by atoms with Gasteiger partial charge < -0.3 is 30.7 Å². The van der Waals surface area contributed by atoms with Crippen molar-refractivity contribution in [3.63, 3.8) is 0 Å². The number of rotatable bonds is 8. The molecule has 1 aromatic heterocycles. The molecule has 1 aromatic carbocycles. The fourth-order valence-corrected chi connectivity index (χ4v) is 3.07. The normalized spacial score (nSPS) is 11.3. The van der Waals surface area contributed by atoms with Gasteiger partial charge in [-0.2, -0.15) is 0 Å². The maximum atomic E-state index is 13.7. The Bertz CT molecular complexity index is 805. The van der Waals surface area contributed by atoms with Gasteiger partial charge >= 0.3 is 5.97 Å². The van der Waals surface area contributed by atoms with E-state index in [0.29, 0.717) is 5.56 Å². The van der Waals surface area contributed by atoms with Gasteiger partial charge in [0.05, 0.1) is 25.4 Å². The average molecular weight is 370 g/mol. The van der Waals surface area contributed by atoms with Crippen LogP contribution in [0.1, 0.15) is 44.9 Å². The molecule has 0 aliphatic carbocycles. The molecular weight excluding hydrogens is 350 g/mol. The summed E-state index contributed by atoms with van der Waals surface area (Å²) >= 11 is 0. The van der Waals surface area contributed by atoms with Gasteiger partial charge in [-0.05, 0) is 29.3 Å². The number of H-pyrrole nitrogens is 1. The van der Waals surface area contributed by atoms with Crippen LogP contribution >= 0.6 is 0 Å². The van der Waals surface area contributed by atoms with E-state index in [1.807, 2.05) is 0 Å². The summed E-state index contributed by atoms with van der Waals surface area (Å²) in [4.78, 5) is 13.9. The third kappa shape index (κ3) is 3.47. The molecule has 0 saturated carbocycles. The number of hydrogen-bond donors (Lipinski definition) is 6. The van der Waals surface area contributed by atoms with E-state index in [4.69, 9.17) is 0 Å². The Kier molecular flexibility index (Phi) is 6.43. The van der Waals surface area contributed by atoms with Gasteiger partial charge in [-0.15, -0.1) is 0 Å². The zero-order chi connectivity index (χ0) is 19.4. The highest BCUT2D eigenvalue weighted by atomic mass is 19.3. The van der Waals surface area contributed by atoms with Gasteiger partial charge in [0, 0.05) is 17.8 Å². The minimum atomic E-state index is -3.07. The quantitative estimate of drug-likeness (QED) is 0.418. The molecule has 0 aliphatic heterocycles.